The molecule has 0 amide bonds. The van der Waals surface area contributed by atoms with Gasteiger partial charge in [0.15, 0.2) is 5.76 Å². The van der Waals surface area contributed by atoms with Gasteiger partial charge in [0.2, 0.25) is 5.78 Å². The van der Waals surface area contributed by atoms with Crippen LogP contribution < -0.4 is 9.47 Å². The van der Waals surface area contributed by atoms with E-state index in [1.165, 1.54) is 0 Å². The summed E-state index contributed by atoms with van der Waals surface area (Å²) in [5, 5.41) is 0.920. The number of Topliss-reactive ketones (excluding diaryl/α,β-unsaturated/α-hetero) is 1. The first-order valence-corrected chi connectivity index (χ1v) is 7.33. The molecule has 0 saturated carbocycles. The summed E-state index contributed by atoms with van der Waals surface area (Å²) < 4.78 is 10.9. The number of aryl methyl sites for hydroxylation is 1. The molecule has 5 heteroatoms. The van der Waals surface area contributed by atoms with E-state index in [2.05, 4.69) is 0 Å². The standard InChI is InChI=1S/C17H12Cl2O3/c1-9-6-10(21-2)7-14-16(9)17(20)15(22-14)8-11-12(18)4-3-5-13(11)19/h3-8H,1-2H3/b15-8-. The van der Waals surface area contributed by atoms with Gasteiger partial charge in [-0.3, -0.25) is 4.79 Å². The molecule has 0 radical (unpaired) electrons. The SMILES string of the molecule is COc1cc(C)c2c(c1)O/C(=C\c1c(Cl)cccc1Cl)C2=O. The van der Waals surface area contributed by atoms with E-state index < -0.39 is 0 Å². The van der Waals surface area contributed by atoms with E-state index in [0.29, 0.717) is 32.7 Å². The van der Waals surface area contributed by atoms with Gasteiger partial charge in [-0.2, -0.15) is 0 Å². The third-order valence-corrected chi connectivity index (χ3v) is 4.11. The minimum Gasteiger partial charge on any atom is -0.497 e. The van der Waals surface area contributed by atoms with Crippen LogP contribution in [-0.4, -0.2) is 12.9 Å². The fraction of sp³-hybridized carbons (Fsp3) is 0.118. The fourth-order valence-corrected chi connectivity index (χ4v) is 2.88. The second kappa shape index (κ2) is 5.67. The molecule has 3 nitrogen and oxygen atoms in total. The number of hydrogen-bond acceptors (Lipinski definition) is 3. The Kier molecular flexibility index (Phi) is 3.85. The molecule has 0 spiro atoms. The minimum atomic E-state index is -0.189. The van der Waals surface area contributed by atoms with Crippen molar-refractivity contribution in [2.45, 2.75) is 6.92 Å². The molecule has 2 aromatic rings. The Bertz CT molecular complexity index is 790. The molecular weight excluding hydrogens is 323 g/mol. The number of ketones is 1. The van der Waals surface area contributed by atoms with Gasteiger partial charge in [-0.25, -0.2) is 0 Å². The largest absolute Gasteiger partial charge is 0.497 e. The van der Waals surface area contributed by atoms with Gasteiger partial charge in [0.25, 0.3) is 0 Å². The topological polar surface area (TPSA) is 35.5 Å². The third-order valence-electron chi connectivity index (χ3n) is 3.45. The highest BCUT2D eigenvalue weighted by molar-refractivity contribution is 6.37. The van der Waals surface area contributed by atoms with Crippen molar-refractivity contribution in [1.82, 2.24) is 0 Å². The average Bonchev–Trinajstić information content (AvgIpc) is 2.79. The number of fused-ring (bicyclic) bond motifs is 1. The van der Waals surface area contributed by atoms with Crippen molar-refractivity contribution in [1.29, 1.82) is 0 Å². The number of ether oxygens (including phenoxy) is 2. The van der Waals surface area contributed by atoms with E-state index in [0.717, 1.165) is 5.56 Å². The Hall–Kier alpha value is -1.97. The molecule has 0 unspecified atom stereocenters. The molecule has 22 heavy (non-hydrogen) atoms. The van der Waals surface area contributed by atoms with E-state index in [9.17, 15) is 4.79 Å². The van der Waals surface area contributed by atoms with Gasteiger partial charge in [0.1, 0.15) is 11.5 Å². The Morgan fingerprint density at radius 3 is 2.50 bits per heavy atom. The minimum absolute atomic E-state index is 0.189. The predicted octanol–water partition coefficient (Wildman–Crippen LogP) is 4.93. The molecule has 0 atom stereocenters. The molecule has 2 aromatic carbocycles. The number of benzene rings is 2. The lowest BCUT2D eigenvalue weighted by Crippen LogP contribution is -2.00. The normalized spacial score (nSPS) is 14.9. The zero-order valence-corrected chi connectivity index (χ0v) is 13.5. The van der Waals surface area contributed by atoms with Gasteiger partial charge < -0.3 is 9.47 Å². The lowest BCUT2D eigenvalue weighted by Gasteiger charge is -2.05. The van der Waals surface area contributed by atoms with Crippen molar-refractivity contribution in [2.24, 2.45) is 0 Å². The molecule has 0 saturated heterocycles. The second-order valence-electron chi connectivity index (χ2n) is 4.89. The molecule has 0 N–H and O–H groups in total. The average molecular weight is 335 g/mol. The lowest BCUT2D eigenvalue weighted by molar-refractivity contribution is 0.101. The summed E-state index contributed by atoms with van der Waals surface area (Å²) in [6, 6.07) is 8.65. The number of rotatable bonds is 2. The highest BCUT2D eigenvalue weighted by Crippen LogP contribution is 2.38. The van der Waals surface area contributed by atoms with Crippen LogP contribution >= 0.6 is 23.2 Å². The first kappa shape index (κ1) is 14.9. The van der Waals surface area contributed by atoms with Crippen LogP contribution in [0.2, 0.25) is 10.0 Å². The number of methoxy groups -OCH3 is 1. The van der Waals surface area contributed by atoms with Crippen LogP contribution in [0.3, 0.4) is 0 Å². The number of carbonyl (C=O) groups excluding carboxylic acids is 1. The maximum atomic E-state index is 12.5. The van der Waals surface area contributed by atoms with E-state index >= 15 is 0 Å². The zero-order valence-electron chi connectivity index (χ0n) is 11.9. The molecule has 0 aliphatic carbocycles. The predicted molar refractivity (Wildman–Crippen MR) is 87.1 cm³/mol. The smallest absolute Gasteiger partial charge is 0.232 e. The van der Waals surface area contributed by atoms with Gasteiger partial charge >= 0.3 is 0 Å². The molecule has 1 aliphatic rings. The van der Waals surface area contributed by atoms with Crippen molar-refractivity contribution in [2.75, 3.05) is 7.11 Å². The van der Waals surface area contributed by atoms with Gasteiger partial charge in [-0.05, 0) is 36.8 Å². The van der Waals surface area contributed by atoms with Crippen LogP contribution in [0.1, 0.15) is 21.5 Å². The second-order valence-corrected chi connectivity index (χ2v) is 5.71. The van der Waals surface area contributed by atoms with E-state index in [-0.39, 0.29) is 11.5 Å². The molecule has 0 fully saturated rings. The van der Waals surface area contributed by atoms with Crippen molar-refractivity contribution in [3.8, 4) is 11.5 Å². The summed E-state index contributed by atoms with van der Waals surface area (Å²) in [5.41, 5.74) is 1.90. The summed E-state index contributed by atoms with van der Waals surface area (Å²) in [6.45, 7) is 1.84. The van der Waals surface area contributed by atoms with Gasteiger partial charge in [-0.15, -0.1) is 0 Å². The van der Waals surface area contributed by atoms with E-state index in [1.54, 1.807) is 43.5 Å². The Balaban J connectivity index is 2.08. The monoisotopic (exact) mass is 334 g/mol. The van der Waals surface area contributed by atoms with Gasteiger partial charge in [0, 0.05) is 21.7 Å². The van der Waals surface area contributed by atoms with Gasteiger partial charge in [0.05, 0.1) is 12.7 Å². The van der Waals surface area contributed by atoms with E-state index in [1.807, 2.05) is 6.92 Å². The fourth-order valence-electron chi connectivity index (χ4n) is 2.37. The quantitative estimate of drug-likeness (QED) is 0.730. The van der Waals surface area contributed by atoms with Crippen LogP contribution in [0.15, 0.2) is 36.1 Å². The number of allylic oxidation sites excluding steroid dienone is 1. The molecular formula is C17H12Cl2O3. The Morgan fingerprint density at radius 2 is 1.86 bits per heavy atom. The number of halogens is 2. The molecule has 0 bridgehead atoms. The zero-order chi connectivity index (χ0) is 15.9. The van der Waals surface area contributed by atoms with Crippen LogP contribution in [-0.2, 0) is 0 Å². The molecule has 0 aromatic heterocycles. The van der Waals surface area contributed by atoms with Crippen molar-refractivity contribution in [3.63, 3.8) is 0 Å². The van der Waals surface area contributed by atoms with E-state index in [4.69, 9.17) is 32.7 Å². The van der Waals surface area contributed by atoms with Crippen molar-refractivity contribution < 1.29 is 14.3 Å². The maximum Gasteiger partial charge on any atom is 0.232 e. The summed E-state index contributed by atoms with van der Waals surface area (Å²) in [6.07, 6.45) is 1.57. The van der Waals surface area contributed by atoms with Gasteiger partial charge in [-0.1, -0.05) is 29.3 Å². The molecule has 1 heterocycles. The van der Waals surface area contributed by atoms with Crippen LogP contribution in [0.5, 0.6) is 11.5 Å². The summed E-state index contributed by atoms with van der Waals surface area (Å²) in [4.78, 5) is 12.5. The number of carbonyl (C=O) groups is 1. The summed E-state index contributed by atoms with van der Waals surface area (Å²) >= 11 is 12.3. The third kappa shape index (κ3) is 2.47. The highest BCUT2D eigenvalue weighted by atomic mass is 35.5. The molecule has 112 valence electrons. The van der Waals surface area contributed by atoms with Crippen LogP contribution in [0.25, 0.3) is 6.08 Å². The Morgan fingerprint density at radius 1 is 1.18 bits per heavy atom. The molecule has 1 aliphatic heterocycles. The Labute approximate surface area is 138 Å². The van der Waals surface area contributed by atoms with Crippen LogP contribution in [0, 0.1) is 6.92 Å². The highest BCUT2D eigenvalue weighted by Gasteiger charge is 2.30. The number of hydrogen-bond donors (Lipinski definition) is 0. The first-order valence-electron chi connectivity index (χ1n) is 6.58. The van der Waals surface area contributed by atoms with Crippen molar-refractivity contribution in [3.05, 3.63) is 62.8 Å². The lowest BCUT2D eigenvalue weighted by atomic mass is 10.0. The summed E-state index contributed by atoms with van der Waals surface area (Å²) in [5.74, 6) is 1.13. The van der Waals surface area contributed by atoms with Crippen molar-refractivity contribution >= 4 is 35.1 Å². The first-order chi connectivity index (χ1) is 10.5. The summed E-state index contributed by atoms with van der Waals surface area (Å²) in [7, 11) is 1.57. The molecule has 3 rings (SSSR count). The van der Waals surface area contributed by atoms with Crippen LogP contribution in [0.4, 0.5) is 0 Å². The maximum absolute atomic E-state index is 12.5.